The zero-order chi connectivity index (χ0) is 10.4. The van der Waals surface area contributed by atoms with E-state index in [1.807, 2.05) is 0 Å². The minimum atomic E-state index is 0.0999. The van der Waals surface area contributed by atoms with Crippen molar-refractivity contribution in [3.63, 3.8) is 0 Å². The van der Waals surface area contributed by atoms with Gasteiger partial charge in [0.1, 0.15) is 0 Å². The standard InChI is InChI=1S/C12H19Cl/c1-7-8(2)10(4)12(6,9(7)3)11(5)13/h9,11H,1H2,2-6H3. The second-order valence-electron chi connectivity index (χ2n) is 4.40. The molecule has 0 aromatic rings. The zero-order valence-electron chi connectivity index (χ0n) is 9.24. The molecule has 0 spiro atoms. The summed E-state index contributed by atoms with van der Waals surface area (Å²) in [5.74, 6) is 0.472. The Morgan fingerprint density at radius 1 is 1.46 bits per heavy atom. The maximum absolute atomic E-state index is 6.27. The van der Waals surface area contributed by atoms with Gasteiger partial charge in [0.05, 0.1) is 0 Å². The van der Waals surface area contributed by atoms with Crippen molar-refractivity contribution in [1.29, 1.82) is 0 Å². The number of alkyl halides is 1. The van der Waals surface area contributed by atoms with E-state index in [0.29, 0.717) is 5.92 Å². The van der Waals surface area contributed by atoms with Gasteiger partial charge in [-0.15, -0.1) is 11.6 Å². The van der Waals surface area contributed by atoms with Crippen molar-refractivity contribution in [2.75, 3.05) is 0 Å². The Labute approximate surface area is 86.7 Å². The van der Waals surface area contributed by atoms with Crippen LogP contribution in [0.4, 0.5) is 0 Å². The minimum Gasteiger partial charge on any atom is -0.122 e. The van der Waals surface area contributed by atoms with Gasteiger partial charge in [-0.25, -0.2) is 0 Å². The van der Waals surface area contributed by atoms with Crippen LogP contribution in [0, 0.1) is 11.3 Å². The molecule has 13 heavy (non-hydrogen) atoms. The highest BCUT2D eigenvalue weighted by atomic mass is 35.5. The lowest BCUT2D eigenvalue weighted by atomic mass is 9.73. The Morgan fingerprint density at radius 2 is 1.92 bits per heavy atom. The Hall–Kier alpha value is -0.230. The molecule has 3 unspecified atom stereocenters. The molecule has 74 valence electrons. The molecule has 0 fully saturated rings. The average molecular weight is 199 g/mol. The highest BCUT2D eigenvalue weighted by Gasteiger charge is 2.44. The fraction of sp³-hybridized carbons (Fsp3) is 0.667. The van der Waals surface area contributed by atoms with Gasteiger partial charge in [-0.3, -0.25) is 0 Å². The summed E-state index contributed by atoms with van der Waals surface area (Å²) < 4.78 is 0. The second-order valence-corrected chi connectivity index (χ2v) is 5.05. The SMILES string of the molecule is C=C1C(C)=C(C)C(C)(C(C)Cl)C1C. The number of hydrogen-bond donors (Lipinski definition) is 0. The number of halogens is 1. The highest BCUT2D eigenvalue weighted by Crippen LogP contribution is 2.52. The van der Waals surface area contributed by atoms with Crippen LogP contribution in [0.25, 0.3) is 0 Å². The first kappa shape index (κ1) is 10.8. The monoisotopic (exact) mass is 198 g/mol. The fourth-order valence-corrected chi connectivity index (χ4v) is 2.65. The third-order valence-corrected chi connectivity index (χ3v) is 4.55. The molecule has 0 bridgehead atoms. The summed E-state index contributed by atoms with van der Waals surface area (Å²) in [5.41, 5.74) is 4.12. The Kier molecular flexibility index (Phi) is 2.64. The first-order valence-electron chi connectivity index (χ1n) is 4.84. The third-order valence-electron chi connectivity index (χ3n) is 4.10. The molecule has 0 aliphatic heterocycles. The maximum atomic E-state index is 6.27. The van der Waals surface area contributed by atoms with Crippen molar-refractivity contribution in [3.8, 4) is 0 Å². The number of hydrogen-bond acceptors (Lipinski definition) is 0. The smallest absolute Gasteiger partial charge is 0.0404 e. The van der Waals surface area contributed by atoms with E-state index in [1.54, 1.807) is 0 Å². The predicted molar refractivity (Wildman–Crippen MR) is 60.1 cm³/mol. The van der Waals surface area contributed by atoms with Gasteiger partial charge in [0.2, 0.25) is 0 Å². The summed E-state index contributed by atoms with van der Waals surface area (Å²) in [6.07, 6.45) is 0. The molecule has 0 N–H and O–H groups in total. The van der Waals surface area contributed by atoms with E-state index in [-0.39, 0.29) is 10.8 Å². The van der Waals surface area contributed by atoms with Crippen molar-refractivity contribution in [1.82, 2.24) is 0 Å². The largest absolute Gasteiger partial charge is 0.122 e. The van der Waals surface area contributed by atoms with E-state index in [0.717, 1.165) is 0 Å². The van der Waals surface area contributed by atoms with Crippen LogP contribution in [0.1, 0.15) is 34.6 Å². The first-order valence-corrected chi connectivity index (χ1v) is 5.28. The summed E-state index contributed by atoms with van der Waals surface area (Å²) >= 11 is 6.27. The summed E-state index contributed by atoms with van der Waals surface area (Å²) in [4.78, 5) is 0. The lowest BCUT2D eigenvalue weighted by Gasteiger charge is -2.34. The second kappa shape index (κ2) is 3.16. The molecule has 0 aromatic heterocycles. The lowest BCUT2D eigenvalue weighted by molar-refractivity contribution is 0.310. The zero-order valence-corrected chi connectivity index (χ0v) is 10.00. The topological polar surface area (TPSA) is 0 Å². The maximum Gasteiger partial charge on any atom is 0.0404 e. The van der Waals surface area contributed by atoms with E-state index in [4.69, 9.17) is 11.6 Å². The van der Waals surface area contributed by atoms with Gasteiger partial charge >= 0.3 is 0 Å². The first-order chi connectivity index (χ1) is 5.83. The number of rotatable bonds is 1. The molecule has 0 radical (unpaired) electrons. The summed E-state index contributed by atoms with van der Waals surface area (Å²) in [6.45, 7) is 15.0. The van der Waals surface area contributed by atoms with Crippen LogP contribution >= 0.6 is 11.6 Å². The van der Waals surface area contributed by atoms with E-state index in [1.165, 1.54) is 16.7 Å². The molecular formula is C12H19Cl. The van der Waals surface area contributed by atoms with Gasteiger partial charge in [-0.2, -0.15) is 0 Å². The van der Waals surface area contributed by atoms with Crippen LogP contribution in [0.3, 0.4) is 0 Å². The quantitative estimate of drug-likeness (QED) is 0.555. The molecule has 0 aromatic carbocycles. The molecule has 0 heterocycles. The van der Waals surface area contributed by atoms with Crippen LogP contribution in [0.15, 0.2) is 23.3 Å². The van der Waals surface area contributed by atoms with Crippen LogP contribution in [0.2, 0.25) is 0 Å². The van der Waals surface area contributed by atoms with E-state index in [2.05, 4.69) is 41.2 Å². The molecule has 0 nitrogen and oxygen atoms in total. The van der Waals surface area contributed by atoms with E-state index in [9.17, 15) is 0 Å². The van der Waals surface area contributed by atoms with Crippen molar-refractivity contribution < 1.29 is 0 Å². The van der Waals surface area contributed by atoms with Crippen LogP contribution in [-0.4, -0.2) is 5.38 Å². The van der Waals surface area contributed by atoms with Crippen molar-refractivity contribution in [2.24, 2.45) is 11.3 Å². The molecule has 1 rings (SSSR count). The van der Waals surface area contributed by atoms with Gasteiger partial charge < -0.3 is 0 Å². The predicted octanol–water partition coefficient (Wildman–Crippen LogP) is 4.16. The minimum absolute atomic E-state index is 0.0999. The normalized spacial score (nSPS) is 37.1. The Bertz CT molecular complexity index is 273. The summed E-state index contributed by atoms with van der Waals surface area (Å²) in [6, 6.07) is 0. The highest BCUT2D eigenvalue weighted by molar-refractivity contribution is 6.21. The molecule has 0 saturated heterocycles. The van der Waals surface area contributed by atoms with Crippen LogP contribution < -0.4 is 0 Å². The average Bonchev–Trinajstić information content (AvgIpc) is 2.22. The fourth-order valence-electron chi connectivity index (χ4n) is 2.30. The number of allylic oxidation sites excluding steroid dienone is 3. The van der Waals surface area contributed by atoms with Gasteiger partial charge in [-0.1, -0.05) is 26.0 Å². The van der Waals surface area contributed by atoms with Gasteiger partial charge in [0.25, 0.3) is 0 Å². The van der Waals surface area contributed by atoms with Crippen LogP contribution in [0.5, 0.6) is 0 Å². The van der Waals surface area contributed by atoms with E-state index >= 15 is 0 Å². The Morgan fingerprint density at radius 3 is 2.08 bits per heavy atom. The van der Waals surface area contributed by atoms with E-state index < -0.39 is 0 Å². The molecule has 1 aliphatic rings. The van der Waals surface area contributed by atoms with Gasteiger partial charge in [-0.05, 0) is 37.8 Å². The van der Waals surface area contributed by atoms with Crippen molar-refractivity contribution in [2.45, 2.75) is 40.0 Å². The molecular weight excluding hydrogens is 180 g/mol. The molecule has 1 heteroatoms. The van der Waals surface area contributed by atoms with Crippen LogP contribution in [-0.2, 0) is 0 Å². The summed E-state index contributed by atoms with van der Waals surface area (Å²) in [7, 11) is 0. The van der Waals surface area contributed by atoms with Crippen molar-refractivity contribution >= 4 is 11.6 Å². The van der Waals surface area contributed by atoms with Gasteiger partial charge in [0, 0.05) is 10.8 Å². The third kappa shape index (κ3) is 1.27. The molecule has 0 saturated carbocycles. The lowest BCUT2D eigenvalue weighted by Crippen LogP contribution is -2.31. The molecule has 3 atom stereocenters. The Balaban J connectivity index is 3.22. The van der Waals surface area contributed by atoms with Gasteiger partial charge in [0.15, 0.2) is 0 Å². The van der Waals surface area contributed by atoms with Crippen molar-refractivity contribution in [3.05, 3.63) is 23.3 Å². The molecule has 0 amide bonds. The summed E-state index contributed by atoms with van der Waals surface area (Å²) in [5, 5.41) is 0.164. The molecule has 1 aliphatic carbocycles.